The van der Waals surface area contributed by atoms with Crippen LogP contribution in [-0.2, 0) is 22.4 Å². The SMILES string of the molecule is CCOC(=O)Cc1cc2c(s1)CCCC2N1CCN(C)CC1. The van der Waals surface area contributed by atoms with Gasteiger partial charge >= 0.3 is 5.97 Å². The smallest absolute Gasteiger partial charge is 0.311 e. The van der Waals surface area contributed by atoms with Crippen molar-refractivity contribution in [2.45, 2.75) is 38.6 Å². The molecule has 2 aliphatic rings. The van der Waals surface area contributed by atoms with Crippen molar-refractivity contribution in [2.24, 2.45) is 0 Å². The highest BCUT2D eigenvalue weighted by Crippen LogP contribution is 2.39. The van der Waals surface area contributed by atoms with Gasteiger partial charge in [0.25, 0.3) is 0 Å². The first-order chi connectivity index (χ1) is 10.7. The Morgan fingerprint density at radius 3 is 2.86 bits per heavy atom. The molecule has 1 aliphatic carbocycles. The molecule has 22 heavy (non-hydrogen) atoms. The van der Waals surface area contributed by atoms with Gasteiger partial charge in [0, 0.05) is 42.0 Å². The van der Waals surface area contributed by atoms with Gasteiger partial charge in [-0.1, -0.05) is 0 Å². The molecule has 0 amide bonds. The van der Waals surface area contributed by atoms with Crippen molar-refractivity contribution < 1.29 is 9.53 Å². The van der Waals surface area contributed by atoms with Gasteiger partial charge in [0.2, 0.25) is 0 Å². The van der Waals surface area contributed by atoms with E-state index in [0.29, 0.717) is 19.1 Å². The van der Waals surface area contributed by atoms with E-state index in [1.54, 1.807) is 0 Å². The summed E-state index contributed by atoms with van der Waals surface area (Å²) < 4.78 is 5.08. The third kappa shape index (κ3) is 3.53. The van der Waals surface area contributed by atoms with Crippen LogP contribution >= 0.6 is 11.3 Å². The molecule has 3 rings (SSSR count). The maximum absolute atomic E-state index is 11.7. The molecular formula is C17H26N2O2S. The van der Waals surface area contributed by atoms with Crippen molar-refractivity contribution in [1.29, 1.82) is 0 Å². The summed E-state index contributed by atoms with van der Waals surface area (Å²) in [7, 11) is 2.20. The Bertz CT molecular complexity index is 521. The summed E-state index contributed by atoms with van der Waals surface area (Å²) >= 11 is 1.82. The number of fused-ring (bicyclic) bond motifs is 1. The number of aryl methyl sites for hydroxylation is 1. The average Bonchev–Trinajstić information content (AvgIpc) is 2.90. The summed E-state index contributed by atoms with van der Waals surface area (Å²) in [4.78, 5) is 19.4. The number of likely N-dealkylation sites (N-methyl/N-ethyl adjacent to an activating group) is 1. The largest absolute Gasteiger partial charge is 0.466 e. The second-order valence-electron chi connectivity index (χ2n) is 6.32. The number of carbonyl (C=O) groups excluding carboxylic acids is 1. The normalized spacial score (nSPS) is 23.3. The first-order valence-electron chi connectivity index (χ1n) is 8.37. The van der Waals surface area contributed by atoms with Crippen LogP contribution in [0.1, 0.15) is 41.1 Å². The Hall–Kier alpha value is -0.910. The van der Waals surface area contributed by atoms with Crippen molar-refractivity contribution in [1.82, 2.24) is 9.80 Å². The van der Waals surface area contributed by atoms with E-state index in [9.17, 15) is 4.79 Å². The highest BCUT2D eigenvalue weighted by molar-refractivity contribution is 7.12. The molecule has 1 aromatic heterocycles. The zero-order chi connectivity index (χ0) is 15.5. The number of piperazine rings is 1. The van der Waals surface area contributed by atoms with Crippen LogP contribution in [0.3, 0.4) is 0 Å². The Morgan fingerprint density at radius 1 is 1.36 bits per heavy atom. The molecule has 5 heteroatoms. The number of thiophene rings is 1. The van der Waals surface area contributed by atoms with Crippen molar-refractivity contribution in [3.8, 4) is 0 Å². The van der Waals surface area contributed by atoms with E-state index in [1.807, 2.05) is 18.3 Å². The Morgan fingerprint density at radius 2 is 2.14 bits per heavy atom. The Kier molecular flexibility index (Phi) is 5.16. The van der Waals surface area contributed by atoms with E-state index in [1.165, 1.54) is 34.6 Å². The molecule has 1 fully saturated rings. The predicted octanol–water partition coefficient (Wildman–Crippen LogP) is 2.48. The lowest BCUT2D eigenvalue weighted by Gasteiger charge is -2.39. The summed E-state index contributed by atoms with van der Waals surface area (Å²) in [5.74, 6) is -0.0998. The van der Waals surface area contributed by atoms with E-state index in [4.69, 9.17) is 4.74 Å². The van der Waals surface area contributed by atoms with Gasteiger partial charge in [-0.15, -0.1) is 11.3 Å². The van der Waals surface area contributed by atoms with Crippen LogP contribution in [0.4, 0.5) is 0 Å². The molecule has 1 unspecified atom stereocenters. The molecule has 0 radical (unpaired) electrons. The predicted molar refractivity (Wildman–Crippen MR) is 89.4 cm³/mol. The van der Waals surface area contributed by atoms with Gasteiger partial charge in [0.1, 0.15) is 0 Å². The van der Waals surface area contributed by atoms with Crippen LogP contribution in [0.5, 0.6) is 0 Å². The summed E-state index contributed by atoms with van der Waals surface area (Å²) in [6.45, 7) is 6.96. The fourth-order valence-corrected chi connectivity index (χ4v) is 4.80. The van der Waals surface area contributed by atoms with Gasteiger partial charge in [-0.25, -0.2) is 0 Å². The molecule has 1 saturated heterocycles. The van der Waals surface area contributed by atoms with Crippen LogP contribution < -0.4 is 0 Å². The minimum Gasteiger partial charge on any atom is -0.466 e. The minimum atomic E-state index is -0.0998. The van der Waals surface area contributed by atoms with Crippen molar-refractivity contribution in [2.75, 3.05) is 39.8 Å². The van der Waals surface area contributed by atoms with Crippen LogP contribution in [0.25, 0.3) is 0 Å². The number of hydrogen-bond donors (Lipinski definition) is 0. The molecule has 122 valence electrons. The van der Waals surface area contributed by atoms with Crippen molar-refractivity contribution in [3.05, 3.63) is 21.4 Å². The first-order valence-corrected chi connectivity index (χ1v) is 9.18. The number of carbonyl (C=O) groups is 1. The first kappa shape index (κ1) is 16.0. The number of ether oxygens (including phenoxy) is 1. The van der Waals surface area contributed by atoms with E-state index < -0.39 is 0 Å². The van der Waals surface area contributed by atoms with E-state index in [0.717, 1.165) is 26.2 Å². The second-order valence-corrected chi connectivity index (χ2v) is 7.54. The summed E-state index contributed by atoms with van der Waals surface area (Å²) in [5, 5.41) is 0. The lowest BCUT2D eigenvalue weighted by Crippen LogP contribution is -2.46. The lowest BCUT2D eigenvalue weighted by molar-refractivity contribution is -0.142. The maximum Gasteiger partial charge on any atom is 0.311 e. The van der Waals surface area contributed by atoms with Gasteiger partial charge in [-0.3, -0.25) is 9.69 Å². The Balaban J connectivity index is 1.72. The Labute approximate surface area is 137 Å². The van der Waals surface area contributed by atoms with Crippen molar-refractivity contribution in [3.63, 3.8) is 0 Å². The fourth-order valence-electron chi connectivity index (χ4n) is 3.54. The number of rotatable bonds is 4. The molecule has 1 aliphatic heterocycles. The average molecular weight is 322 g/mol. The second kappa shape index (κ2) is 7.11. The standard InChI is InChI=1S/C17H26N2O2S/c1-3-21-17(20)12-13-11-14-15(5-4-6-16(14)22-13)19-9-7-18(2)8-10-19/h11,15H,3-10,12H2,1-2H3. The molecular weight excluding hydrogens is 296 g/mol. The number of esters is 1. The van der Waals surface area contributed by atoms with Crippen molar-refractivity contribution >= 4 is 17.3 Å². The fraction of sp³-hybridized carbons (Fsp3) is 0.706. The lowest BCUT2D eigenvalue weighted by atomic mass is 9.92. The molecule has 1 aromatic rings. The molecule has 0 spiro atoms. The molecule has 4 nitrogen and oxygen atoms in total. The molecule has 1 atom stereocenters. The van der Waals surface area contributed by atoms with Crippen LogP contribution in [-0.4, -0.2) is 55.6 Å². The summed E-state index contributed by atoms with van der Waals surface area (Å²) in [5.41, 5.74) is 1.49. The maximum atomic E-state index is 11.7. The highest BCUT2D eigenvalue weighted by atomic mass is 32.1. The monoisotopic (exact) mass is 322 g/mol. The van der Waals surface area contributed by atoms with E-state index >= 15 is 0 Å². The van der Waals surface area contributed by atoms with Gasteiger partial charge < -0.3 is 9.64 Å². The quantitative estimate of drug-likeness (QED) is 0.797. The number of nitrogens with zero attached hydrogens (tertiary/aromatic N) is 2. The summed E-state index contributed by atoms with van der Waals surface area (Å²) in [6, 6.07) is 2.84. The van der Waals surface area contributed by atoms with E-state index in [2.05, 4.69) is 22.9 Å². The molecule has 0 aromatic carbocycles. The van der Waals surface area contributed by atoms with E-state index in [-0.39, 0.29) is 5.97 Å². The number of hydrogen-bond acceptors (Lipinski definition) is 5. The molecule has 0 saturated carbocycles. The van der Waals surface area contributed by atoms with Gasteiger partial charge in [0.15, 0.2) is 0 Å². The van der Waals surface area contributed by atoms with Gasteiger partial charge in [-0.2, -0.15) is 0 Å². The molecule has 0 bridgehead atoms. The molecule has 2 heterocycles. The van der Waals surface area contributed by atoms with Crippen LogP contribution in [0.15, 0.2) is 6.07 Å². The minimum absolute atomic E-state index is 0.0998. The van der Waals surface area contributed by atoms with Gasteiger partial charge in [0.05, 0.1) is 13.0 Å². The van der Waals surface area contributed by atoms with Crippen LogP contribution in [0, 0.1) is 0 Å². The third-order valence-electron chi connectivity index (χ3n) is 4.74. The highest BCUT2D eigenvalue weighted by Gasteiger charge is 2.29. The zero-order valence-electron chi connectivity index (χ0n) is 13.6. The summed E-state index contributed by atoms with van der Waals surface area (Å²) in [6.07, 6.45) is 4.13. The van der Waals surface area contributed by atoms with Crippen LogP contribution in [0.2, 0.25) is 0 Å². The third-order valence-corrected chi connectivity index (χ3v) is 5.95. The molecule has 0 N–H and O–H groups in total. The topological polar surface area (TPSA) is 32.8 Å². The zero-order valence-corrected chi connectivity index (χ0v) is 14.5. The van der Waals surface area contributed by atoms with Gasteiger partial charge in [-0.05, 0) is 44.9 Å².